The number of hydrogen-bond acceptors (Lipinski definition) is 6. The van der Waals surface area contributed by atoms with E-state index < -0.39 is 5.82 Å². The molecule has 0 spiro atoms. The minimum absolute atomic E-state index is 0.00945. The summed E-state index contributed by atoms with van der Waals surface area (Å²) in [5, 5.41) is 3.06. The van der Waals surface area contributed by atoms with Crippen molar-refractivity contribution in [1.29, 1.82) is 0 Å². The number of halogens is 2. The Hall–Kier alpha value is -2.39. The average Bonchev–Trinajstić information content (AvgIpc) is 3.19. The maximum Gasteiger partial charge on any atom is 0.244 e. The molecule has 1 fully saturated rings. The van der Waals surface area contributed by atoms with Gasteiger partial charge in [0.25, 0.3) is 0 Å². The summed E-state index contributed by atoms with van der Waals surface area (Å²) in [4.78, 5) is 25.3. The quantitative estimate of drug-likeness (QED) is 0.689. The Labute approximate surface area is 185 Å². The fraction of sp³-hybridized carbons (Fsp3) is 0.409. The Morgan fingerprint density at radius 2 is 2.10 bits per heavy atom. The van der Waals surface area contributed by atoms with E-state index in [0.717, 1.165) is 43.5 Å². The second-order valence-corrected chi connectivity index (χ2v) is 8.13. The summed E-state index contributed by atoms with van der Waals surface area (Å²) < 4.78 is 19.7. The Bertz CT molecular complexity index is 1010. The summed E-state index contributed by atoms with van der Waals surface area (Å²) in [6.45, 7) is 3.76. The van der Waals surface area contributed by atoms with Gasteiger partial charge in [0.15, 0.2) is 5.82 Å². The van der Waals surface area contributed by atoms with Crippen LogP contribution in [0.2, 0.25) is 5.28 Å². The molecule has 1 aliphatic heterocycles. The Kier molecular flexibility index (Phi) is 6.62. The summed E-state index contributed by atoms with van der Waals surface area (Å²) in [5.41, 5.74) is 3.28. The lowest BCUT2D eigenvalue weighted by atomic mass is 10.0. The van der Waals surface area contributed by atoms with E-state index in [1.807, 2.05) is 24.3 Å². The summed E-state index contributed by atoms with van der Waals surface area (Å²) >= 11 is 5.88. The van der Waals surface area contributed by atoms with E-state index in [-0.39, 0.29) is 22.9 Å². The van der Waals surface area contributed by atoms with Crippen LogP contribution in [0.15, 0.2) is 30.5 Å². The molecule has 1 saturated heterocycles. The fourth-order valence-corrected chi connectivity index (χ4v) is 4.24. The summed E-state index contributed by atoms with van der Waals surface area (Å²) in [7, 11) is 3.68. The lowest BCUT2D eigenvalue weighted by Gasteiger charge is -2.36. The van der Waals surface area contributed by atoms with Gasteiger partial charge in [-0.2, -0.15) is 0 Å². The lowest BCUT2D eigenvalue weighted by molar-refractivity contribution is -0.124. The molecule has 1 amide bonds. The van der Waals surface area contributed by atoms with Crippen molar-refractivity contribution in [3.8, 4) is 0 Å². The van der Waals surface area contributed by atoms with Gasteiger partial charge in [0, 0.05) is 44.5 Å². The Morgan fingerprint density at radius 3 is 2.84 bits per heavy atom. The number of methoxy groups -OCH3 is 1. The van der Waals surface area contributed by atoms with Crippen LogP contribution in [0.5, 0.6) is 0 Å². The first kappa shape index (κ1) is 21.8. The SMILES string of the molecule is COC[C@H](C(=O)Nc1cccc2c1CC=C2c1nc(Cl)ncc1F)N1CCN(C)CC1. The first-order chi connectivity index (χ1) is 15.0. The summed E-state index contributed by atoms with van der Waals surface area (Å²) in [6.07, 6.45) is 3.53. The molecule has 0 saturated carbocycles. The normalized spacial score (nSPS) is 17.9. The van der Waals surface area contributed by atoms with Gasteiger partial charge in [0.05, 0.1) is 12.8 Å². The van der Waals surface area contributed by atoms with Crippen LogP contribution >= 0.6 is 11.6 Å². The molecule has 164 valence electrons. The highest BCUT2D eigenvalue weighted by molar-refractivity contribution is 6.28. The molecule has 31 heavy (non-hydrogen) atoms. The maximum absolute atomic E-state index is 14.3. The van der Waals surface area contributed by atoms with Gasteiger partial charge in [-0.05, 0) is 42.3 Å². The van der Waals surface area contributed by atoms with E-state index in [2.05, 4.69) is 32.1 Å². The first-order valence-electron chi connectivity index (χ1n) is 10.2. The first-order valence-corrected chi connectivity index (χ1v) is 10.6. The predicted octanol–water partition coefficient (Wildman–Crippen LogP) is 2.46. The monoisotopic (exact) mass is 445 g/mol. The van der Waals surface area contributed by atoms with Crippen LogP contribution in [0.4, 0.5) is 10.1 Å². The van der Waals surface area contributed by atoms with Crippen molar-refractivity contribution in [1.82, 2.24) is 19.8 Å². The number of ether oxygens (including phenoxy) is 1. The molecular formula is C22H25ClFN5O2. The van der Waals surface area contributed by atoms with Crippen LogP contribution in [0.25, 0.3) is 5.57 Å². The molecule has 2 aliphatic rings. The molecule has 2 heterocycles. The van der Waals surface area contributed by atoms with E-state index >= 15 is 0 Å². The van der Waals surface area contributed by atoms with Gasteiger partial charge in [-0.15, -0.1) is 0 Å². The standard InChI is InChI=1S/C22H25ClFN5O2/c1-28-8-10-29(11-9-28)19(13-31-2)21(30)26-18-5-3-4-14-15(18)6-7-16(14)20-17(24)12-25-22(23)27-20/h3-5,7,12,19H,6,8-11,13H2,1-2H3,(H,26,30)/t19-/m1/s1. The zero-order valence-corrected chi connectivity index (χ0v) is 18.3. The zero-order chi connectivity index (χ0) is 22.0. The zero-order valence-electron chi connectivity index (χ0n) is 17.6. The number of amides is 1. The largest absolute Gasteiger partial charge is 0.383 e. The highest BCUT2D eigenvalue weighted by atomic mass is 35.5. The number of likely N-dealkylation sites (N-methyl/N-ethyl adjacent to an activating group) is 1. The molecule has 1 aromatic carbocycles. The Morgan fingerprint density at radius 1 is 1.32 bits per heavy atom. The van der Waals surface area contributed by atoms with E-state index in [9.17, 15) is 9.18 Å². The third-order valence-corrected chi connectivity index (χ3v) is 5.99. The maximum atomic E-state index is 14.3. The van der Waals surface area contributed by atoms with Crippen LogP contribution in [-0.2, 0) is 16.0 Å². The fourth-order valence-electron chi connectivity index (χ4n) is 4.10. The third kappa shape index (κ3) is 4.62. The van der Waals surface area contributed by atoms with E-state index in [0.29, 0.717) is 24.3 Å². The number of rotatable bonds is 6. The number of hydrogen-bond donors (Lipinski definition) is 1. The average molecular weight is 446 g/mol. The second kappa shape index (κ2) is 9.40. The molecule has 4 rings (SSSR count). The van der Waals surface area contributed by atoms with E-state index in [1.54, 1.807) is 7.11 Å². The van der Waals surface area contributed by atoms with Gasteiger partial charge in [0.2, 0.25) is 11.2 Å². The molecule has 2 aromatic rings. The number of aromatic nitrogens is 2. The number of nitrogens with zero attached hydrogens (tertiary/aromatic N) is 4. The second-order valence-electron chi connectivity index (χ2n) is 7.79. The highest BCUT2D eigenvalue weighted by Crippen LogP contribution is 2.37. The van der Waals surface area contributed by atoms with Gasteiger partial charge in [0.1, 0.15) is 11.7 Å². The van der Waals surface area contributed by atoms with Crippen molar-refractivity contribution in [3.05, 3.63) is 58.4 Å². The molecule has 1 atom stereocenters. The number of anilines is 1. The number of piperazine rings is 1. The minimum Gasteiger partial charge on any atom is -0.383 e. The predicted molar refractivity (Wildman–Crippen MR) is 118 cm³/mol. The molecule has 0 bridgehead atoms. The molecule has 7 nitrogen and oxygen atoms in total. The van der Waals surface area contributed by atoms with Crippen molar-refractivity contribution in [3.63, 3.8) is 0 Å². The number of carbonyl (C=O) groups is 1. The summed E-state index contributed by atoms with van der Waals surface area (Å²) in [5.74, 6) is -0.641. The van der Waals surface area contributed by atoms with Crippen molar-refractivity contribution in [2.75, 3.05) is 52.3 Å². The van der Waals surface area contributed by atoms with Gasteiger partial charge in [-0.3, -0.25) is 9.69 Å². The number of fused-ring (bicyclic) bond motifs is 1. The van der Waals surface area contributed by atoms with Gasteiger partial charge < -0.3 is 15.0 Å². The van der Waals surface area contributed by atoms with Crippen LogP contribution in [0, 0.1) is 5.82 Å². The molecule has 0 unspecified atom stereocenters. The number of nitrogens with one attached hydrogen (secondary N) is 1. The van der Waals surface area contributed by atoms with Crippen LogP contribution in [0.3, 0.4) is 0 Å². The minimum atomic E-state index is -0.534. The van der Waals surface area contributed by atoms with Gasteiger partial charge in [-0.1, -0.05) is 18.2 Å². The molecule has 1 N–H and O–H groups in total. The van der Waals surface area contributed by atoms with Crippen molar-refractivity contribution >= 4 is 28.8 Å². The van der Waals surface area contributed by atoms with Crippen LogP contribution < -0.4 is 5.32 Å². The number of benzene rings is 1. The summed E-state index contributed by atoms with van der Waals surface area (Å²) in [6, 6.07) is 5.23. The topological polar surface area (TPSA) is 70.6 Å². The van der Waals surface area contributed by atoms with Gasteiger partial charge in [-0.25, -0.2) is 14.4 Å². The molecule has 1 aromatic heterocycles. The molecule has 0 radical (unpaired) electrons. The molecule has 9 heteroatoms. The van der Waals surface area contributed by atoms with Gasteiger partial charge >= 0.3 is 0 Å². The smallest absolute Gasteiger partial charge is 0.244 e. The van der Waals surface area contributed by atoms with Crippen molar-refractivity contribution in [2.24, 2.45) is 0 Å². The number of allylic oxidation sites excluding steroid dienone is 1. The van der Waals surface area contributed by atoms with E-state index in [4.69, 9.17) is 16.3 Å². The third-order valence-electron chi connectivity index (χ3n) is 5.81. The van der Waals surface area contributed by atoms with Crippen LogP contribution in [0.1, 0.15) is 16.8 Å². The molecule has 1 aliphatic carbocycles. The number of carbonyl (C=O) groups excluding carboxylic acids is 1. The van der Waals surface area contributed by atoms with Crippen LogP contribution in [-0.4, -0.2) is 78.7 Å². The highest BCUT2D eigenvalue weighted by Gasteiger charge is 2.30. The van der Waals surface area contributed by atoms with Crippen molar-refractivity contribution in [2.45, 2.75) is 12.5 Å². The van der Waals surface area contributed by atoms with E-state index in [1.165, 1.54) is 0 Å². The van der Waals surface area contributed by atoms with Crippen molar-refractivity contribution < 1.29 is 13.9 Å². The lowest BCUT2D eigenvalue weighted by Crippen LogP contribution is -2.54. The Balaban J connectivity index is 1.56. The molecular weight excluding hydrogens is 421 g/mol.